The first-order valence-electron chi connectivity index (χ1n) is 9.66. The van der Waals surface area contributed by atoms with Crippen LogP contribution in [0.1, 0.15) is 65.7 Å². The smallest absolute Gasteiger partial charge is 0.306 e. The molecule has 0 rings (SSSR count). The zero-order chi connectivity index (χ0) is 21.6. The van der Waals surface area contributed by atoms with Crippen LogP contribution >= 0.6 is 22.6 Å². The number of alkyl halides is 1. The van der Waals surface area contributed by atoms with Gasteiger partial charge in [-0.25, -0.2) is 0 Å². The third-order valence-electron chi connectivity index (χ3n) is 4.24. The molecule has 2 atom stereocenters. The van der Waals surface area contributed by atoms with Crippen molar-refractivity contribution in [3.05, 3.63) is 0 Å². The second kappa shape index (κ2) is 14.6. The summed E-state index contributed by atoms with van der Waals surface area (Å²) in [6.07, 6.45) is 3.81. The largest absolute Gasteiger partial charge is 0.469 e. The Morgan fingerprint density at radius 3 is 2.36 bits per heavy atom. The van der Waals surface area contributed by atoms with Gasteiger partial charge in [0.25, 0.3) is 0 Å². The molecule has 0 aromatic rings. The summed E-state index contributed by atoms with van der Waals surface area (Å²) in [5.74, 6) is -1.05. The number of amides is 3. The molecule has 0 saturated carbocycles. The van der Waals surface area contributed by atoms with Gasteiger partial charge >= 0.3 is 5.97 Å². The van der Waals surface area contributed by atoms with Crippen molar-refractivity contribution in [1.82, 2.24) is 16.0 Å². The zero-order valence-corrected chi connectivity index (χ0v) is 19.5. The molecule has 0 saturated heterocycles. The highest BCUT2D eigenvalue weighted by atomic mass is 127. The Balaban J connectivity index is 4.39. The molecular formula is C19H34IN3O5. The number of nitrogens with one attached hydrogen (secondary N) is 3. The highest BCUT2D eigenvalue weighted by molar-refractivity contribution is 14.1. The third kappa shape index (κ3) is 12.1. The number of carbonyl (C=O) groups is 4. The molecule has 0 aromatic heterocycles. The molecule has 3 amide bonds. The van der Waals surface area contributed by atoms with Crippen LogP contribution in [-0.2, 0) is 23.9 Å². The normalized spacial score (nSPS) is 13.8. The molecular weight excluding hydrogens is 477 g/mol. The van der Waals surface area contributed by atoms with Crippen molar-refractivity contribution in [2.45, 2.75) is 77.3 Å². The Hall–Kier alpha value is -1.39. The Morgan fingerprint density at radius 1 is 1.14 bits per heavy atom. The quantitative estimate of drug-likeness (QED) is 0.143. The number of halogens is 1. The van der Waals surface area contributed by atoms with Gasteiger partial charge in [-0.15, -0.1) is 0 Å². The minimum absolute atomic E-state index is 0.0560. The number of hydrogen-bond acceptors (Lipinski definition) is 5. The molecule has 0 aliphatic carbocycles. The monoisotopic (exact) mass is 511 g/mol. The van der Waals surface area contributed by atoms with Gasteiger partial charge in [0, 0.05) is 29.9 Å². The van der Waals surface area contributed by atoms with Crippen molar-refractivity contribution in [2.75, 3.05) is 18.1 Å². The number of carbonyl (C=O) groups excluding carboxylic acids is 4. The number of hydrogen-bond donors (Lipinski definition) is 3. The summed E-state index contributed by atoms with van der Waals surface area (Å²) in [5.41, 5.74) is -0.295. The average Bonchev–Trinajstić information content (AvgIpc) is 2.64. The lowest BCUT2D eigenvalue weighted by Crippen LogP contribution is -2.55. The van der Waals surface area contributed by atoms with Crippen molar-refractivity contribution >= 4 is 46.3 Å². The molecule has 0 fully saturated rings. The predicted molar refractivity (Wildman–Crippen MR) is 116 cm³/mol. The van der Waals surface area contributed by atoms with E-state index in [0.717, 1.165) is 17.3 Å². The maximum absolute atomic E-state index is 12.6. The number of esters is 1. The molecule has 0 heterocycles. The maximum Gasteiger partial charge on any atom is 0.306 e. The first-order valence-corrected chi connectivity index (χ1v) is 11.2. The Labute approximate surface area is 181 Å². The van der Waals surface area contributed by atoms with Gasteiger partial charge in [0.1, 0.15) is 6.04 Å². The second-order valence-electron chi connectivity index (χ2n) is 7.11. The minimum atomic E-state index is -0.591. The van der Waals surface area contributed by atoms with Gasteiger partial charge in [0.05, 0.1) is 13.5 Å². The fourth-order valence-electron chi connectivity index (χ4n) is 2.72. The van der Waals surface area contributed by atoms with Gasteiger partial charge in [-0.2, -0.15) is 0 Å². The maximum atomic E-state index is 12.6. The standard InChI is InChI=1S/C19H34IN3O5/c1-5-11-19(3,13-20)23-18(27)15(22-14(2)24)8-6-7-12-21-16(25)9-10-17(26)28-4/h15H,5-13H2,1-4H3,(H,21,25)(H,22,24)(H,23,27)/t15-,19?/m0/s1. The lowest BCUT2D eigenvalue weighted by Gasteiger charge is -2.31. The third-order valence-corrected chi connectivity index (χ3v) is 5.92. The first-order chi connectivity index (χ1) is 13.2. The van der Waals surface area contributed by atoms with E-state index in [1.165, 1.54) is 14.0 Å². The number of ether oxygens (including phenoxy) is 1. The fraction of sp³-hybridized carbons (Fsp3) is 0.789. The first kappa shape index (κ1) is 26.6. The van der Waals surface area contributed by atoms with E-state index in [0.29, 0.717) is 25.8 Å². The molecule has 3 N–H and O–H groups in total. The number of rotatable bonds is 14. The molecule has 0 aliphatic heterocycles. The van der Waals surface area contributed by atoms with Crippen LogP contribution in [0.2, 0.25) is 0 Å². The molecule has 0 aliphatic rings. The molecule has 0 radical (unpaired) electrons. The van der Waals surface area contributed by atoms with Crippen LogP contribution < -0.4 is 16.0 Å². The molecule has 9 heteroatoms. The van der Waals surface area contributed by atoms with Crippen molar-refractivity contribution in [2.24, 2.45) is 0 Å². The van der Waals surface area contributed by atoms with E-state index in [-0.39, 0.29) is 36.1 Å². The lowest BCUT2D eigenvalue weighted by molar-refractivity contribution is -0.142. The van der Waals surface area contributed by atoms with Crippen LogP contribution in [0, 0.1) is 0 Å². The molecule has 162 valence electrons. The van der Waals surface area contributed by atoms with E-state index in [2.05, 4.69) is 50.2 Å². The topological polar surface area (TPSA) is 114 Å². The van der Waals surface area contributed by atoms with Crippen molar-refractivity contribution in [1.29, 1.82) is 0 Å². The van der Waals surface area contributed by atoms with Crippen LogP contribution in [0.5, 0.6) is 0 Å². The summed E-state index contributed by atoms with van der Waals surface area (Å²) in [6.45, 7) is 5.93. The fourth-order valence-corrected chi connectivity index (χ4v) is 3.29. The summed E-state index contributed by atoms with van der Waals surface area (Å²) in [6, 6.07) is -0.591. The summed E-state index contributed by atoms with van der Waals surface area (Å²) in [4.78, 5) is 46.7. The summed E-state index contributed by atoms with van der Waals surface area (Å²) in [5, 5.41) is 8.52. The van der Waals surface area contributed by atoms with Crippen molar-refractivity contribution in [3.63, 3.8) is 0 Å². The number of unbranched alkanes of at least 4 members (excludes halogenated alkanes) is 1. The highest BCUT2D eigenvalue weighted by Crippen LogP contribution is 2.16. The van der Waals surface area contributed by atoms with E-state index < -0.39 is 12.0 Å². The molecule has 0 bridgehead atoms. The lowest BCUT2D eigenvalue weighted by atomic mass is 9.97. The van der Waals surface area contributed by atoms with E-state index in [9.17, 15) is 19.2 Å². The molecule has 0 aromatic carbocycles. The summed E-state index contributed by atoms with van der Waals surface area (Å²) >= 11 is 2.26. The SMILES string of the molecule is CCCC(C)(CI)NC(=O)[C@H](CCCCNC(=O)CCC(=O)OC)NC(C)=O. The van der Waals surface area contributed by atoms with Gasteiger partial charge in [0.15, 0.2) is 0 Å². The molecule has 0 spiro atoms. The molecule has 8 nitrogen and oxygen atoms in total. The number of methoxy groups -OCH3 is 1. The summed E-state index contributed by atoms with van der Waals surface area (Å²) in [7, 11) is 1.28. The van der Waals surface area contributed by atoms with Crippen molar-refractivity contribution < 1.29 is 23.9 Å². The van der Waals surface area contributed by atoms with E-state index in [1.54, 1.807) is 0 Å². The van der Waals surface area contributed by atoms with Crippen molar-refractivity contribution in [3.8, 4) is 0 Å². The summed E-state index contributed by atoms with van der Waals surface area (Å²) < 4.78 is 5.28. The average molecular weight is 511 g/mol. The van der Waals surface area contributed by atoms with Gasteiger partial charge in [0.2, 0.25) is 17.7 Å². The van der Waals surface area contributed by atoms with Crippen LogP contribution in [0.3, 0.4) is 0 Å². The minimum Gasteiger partial charge on any atom is -0.469 e. The van der Waals surface area contributed by atoms with E-state index >= 15 is 0 Å². The highest BCUT2D eigenvalue weighted by Gasteiger charge is 2.28. The Morgan fingerprint density at radius 2 is 1.82 bits per heavy atom. The van der Waals surface area contributed by atoms with E-state index in [1.807, 2.05) is 6.92 Å². The van der Waals surface area contributed by atoms with Crippen LogP contribution in [-0.4, -0.2) is 53.4 Å². The van der Waals surface area contributed by atoms with Crippen LogP contribution in [0.4, 0.5) is 0 Å². The Bertz CT molecular complexity index is 530. The van der Waals surface area contributed by atoms with Gasteiger partial charge in [-0.3, -0.25) is 19.2 Å². The Kier molecular flexibility index (Phi) is 13.9. The van der Waals surface area contributed by atoms with Crippen LogP contribution in [0.25, 0.3) is 0 Å². The van der Waals surface area contributed by atoms with Gasteiger partial charge in [-0.1, -0.05) is 35.9 Å². The molecule has 1 unspecified atom stereocenters. The molecule has 28 heavy (non-hydrogen) atoms. The predicted octanol–water partition coefficient (Wildman–Crippen LogP) is 1.84. The van der Waals surface area contributed by atoms with E-state index in [4.69, 9.17) is 0 Å². The second-order valence-corrected chi connectivity index (χ2v) is 7.87. The van der Waals surface area contributed by atoms with Gasteiger partial charge < -0.3 is 20.7 Å². The van der Waals surface area contributed by atoms with Gasteiger partial charge in [-0.05, 0) is 32.6 Å². The van der Waals surface area contributed by atoms with Crippen LogP contribution in [0.15, 0.2) is 0 Å². The zero-order valence-electron chi connectivity index (χ0n) is 17.4.